The average molecular weight is 313 g/mol. The predicted octanol–water partition coefficient (Wildman–Crippen LogP) is 1.59. The lowest BCUT2D eigenvalue weighted by Crippen LogP contribution is -2.46. The number of nitrogens with two attached hydrogens (primary N) is 1. The lowest BCUT2D eigenvalue weighted by Gasteiger charge is -2.37. The second-order valence-electron chi connectivity index (χ2n) is 4.92. The molecule has 1 aromatic heterocycles. The average Bonchev–Trinajstić information content (AvgIpc) is 2.75. The maximum Gasteiger partial charge on any atom is 0.220 e. The number of sulfonamides is 1. The number of rotatable bonds is 3. The van der Waals surface area contributed by atoms with E-state index in [1.165, 1.54) is 4.68 Å². The zero-order valence-electron chi connectivity index (χ0n) is 10.5. The number of hydrogen-bond donors (Lipinski definition) is 1. The molecule has 0 atom stereocenters. The summed E-state index contributed by atoms with van der Waals surface area (Å²) in [5.41, 5.74) is 1.12. The summed E-state index contributed by atoms with van der Waals surface area (Å²) >= 11 is 5.93. The predicted molar refractivity (Wildman–Crippen MR) is 75.0 cm³/mol. The Morgan fingerprint density at radius 1 is 1.35 bits per heavy atom. The molecule has 0 aliphatic heterocycles. The van der Waals surface area contributed by atoms with Crippen molar-refractivity contribution in [3.8, 4) is 5.69 Å². The molecule has 0 spiro atoms. The van der Waals surface area contributed by atoms with E-state index in [2.05, 4.69) is 10.3 Å². The summed E-state index contributed by atoms with van der Waals surface area (Å²) in [6.45, 7) is 0. The van der Waals surface area contributed by atoms with Crippen molar-refractivity contribution >= 4 is 21.6 Å². The van der Waals surface area contributed by atoms with E-state index < -0.39 is 14.8 Å². The van der Waals surface area contributed by atoms with Gasteiger partial charge in [-0.15, -0.1) is 5.10 Å². The van der Waals surface area contributed by atoms with Crippen LogP contribution in [0.5, 0.6) is 0 Å². The molecule has 1 fully saturated rings. The second kappa shape index (κ2) is 4.54. The third-order valence-corrected chi connectivity index (χ3v) is 5.68. The zero-order chi connectivity index (χ0) is 14.4. The third-order valence-electron chi connectivity index (χ3n) is 3.74. The van der Waals surface area contributed by atoms with E-state index in [1.807, 2.05) is 6.07 Å². The number of halogens is 1. The second-order valence-corrected chi connectivity index (χ2v) is 7.23. The standard InChI is InChI=1S/C12H13ClN4O2S/c13-9-3-1-4-10(7-9)17-8-11(15-16-17)12(5-2-6-12)20(14,18)19/h1,3-4,7-8H,2,5-6H2,(H2,14,18,19). The summed E-state index contributed by atoms with van der Waals surface area (Å²) in [5.74, 6) is 0. The molecule has 0 amide bonds. The molecule has 1 heterocycles. The summed E-state index contributed by atoms with van der Waals surface area (Å²) in [5, 5.41) is 13.9. The highest BCUT2D eigenvalue weighted by Crippen LogP contribution is 2.46. The lowest BCUT2D eigenvalue weighted by molar-refractivity contribution is 0.337. The van der Waals surface area contributed by atoms with Crippen molar-refractivity contribution in [3.05, 3.63) is 41.2 Å². The molecule has 2 N–H and O–H groups in total. The van der Waals surface area contributed by atoms with Gasteiger partial charge in [0.15, 0.2) is 0 Å². The summed E-state index contributed by atoms with van der Waals surface area (Å²) in [4.78, 5) is 0. The molecule has 2 aromatic rings. The minimum absolute atomic E-state index is 0.395. The van der Waals surface area contributed by atoms with Gasteiger partial charge in [-0.2, -0.15) is 0 Å². The van der Waals surface area contributed by atoms with Gasteiger partial charge in [-0.1, -0.05) is 22.9 Å². The SMILES string of the molecule is NS(=O)(=O)C1(c2cn(-c3cccc(Cl)c3)nn2)CCC1. The van der Waals surface area contributed by atoms with Crippen LogP contribution in [0.2, 0.25) is 5.02 Å². The van der Waals surface area contributed by atoms with Crippen LogP contribution in [0.4, 0.5) is 0 Å². The molecule has 1 aliphatic carbocycles. The molecule has 20 heavy (non-hydrogen) atoms. The molecule has 0 saturated heterocycles. The number of nitrogens with zero attached hydrogens (tertiary/aromatic N) is 3. The summed E-state index contributed by atoms with van der Waals surface area (Å²) < 4.78 is 24.1. The van der Waals surface area contributed by atoms with E-state index in [0.29, 0.717) is 23.6 Å². The normalized spacial score (nSPS) is 17.7. The van der Waals surface area contributed by atoms with Gasteiger partial charge in [0.05, 0.1) is 11.9 Å². The van der Waals surface area contributed by atoms with Crippen molar-refractivity contribution in [1.29, 1.82) is 0 Å². The molecule has 0 radical (unpaired) electrons. The van der Waals surface area contributed by atoms with Gasteiger partial charge in [-0.25, -0.2) is 18.2 Å². The number of primary sulfonamides is 1. The smallest absolute Gasteiger partial charge is 0.220 e. The maximum atomic E-state index is 11.8. The van der Waals surface area contributed by atoms with Crippen LogP contribution in [0, 0.1) is 0 Å². The van der Waals surface area contributed by atoms with Gasteiger partial charge in [-0.05, 0) is 37.5 Å². The fraction of sp³-hybridized carbons (Fsp3) is 0.333. The van der Waals surface area contributed by atoms with Crippen LogP contribution < -0.4 is 5.14 Å². The molecule has 106 valence electrons. The Balaban J connectivity index is 2.03. The minimum Gasteiger partial charge on any atom is -0.228 e. The van der Waals surface area contributed by atoms with Crippen molar-refractivity contribution in [1.82, 2.24) is 15.0 Å². The van der Waals surface area contributed by atoms with Gasteiger partial charge in [0.2, 0.25) is 10.0 Å². The molecule has 0 unspecified atom stereocenters. The van der Waals surface area contributed by atoms with Gasteiger partial charge in [0.1, 0.15) is 10.4 Å². The quantitative estimate of drug-likeness (QED) is 0.931. The van der Waals surface area contributed by atoms with Gasteiger partial charge in [0.25, 0.3) is 0 Å². The van der Waals surface area contributed by atoms with E-state index in [-0.39, 0.29) is 0 Å². The zero-order valence-corrected chi connectivity index (χ0v) is 12.1. The first kappa shape index (κ1) is 13.5. The Labute approximate surface area is 121 Å². The van der Waals surface area contributed by atoms with E-state index in [4.69, 9.17) is 16.7 Å². The van der Waals surface area contributed by atoms with Gasteiger partial charge < -0.3 is 0 Å². The molecule has 1 aromatic carbocycles. The van der Waals surface area contributed by atoms with Crippen LogP contribution in [0.1, 0.15) is 25.0 Å². The fourth-order valence-corrected chi connectivity index (χ4v) is 3.83. The third kappa shape index (κ3) is 2.02. The first-order valence-corrected chi connectivity index (χ1v) is 8.06. The van der Waals surface area contributed by atoms with Crippen molar-refractivity contribution < 1.29 is 8.42 Å². The number of hydrogen-bond acceptors (Lipinski definition) is 4. The van der Waals surface area contributed by atoms with E-state index in [1.54, 1.807) is 24.4 Å². The van der Waals surface area contributed by atoms with Crippen molar-refractivity contribution in [2.75, 3.05) is 0 Å². The Hall–Kier alpha value is -1.44. The summed E-state index contributed by atoms with van der Waals surface area (Å²) in [6, 6.07) is 7.08. The lowest BCUT2D eigenvalue weighted by atomic mass is 9.82. The van der Waals surface area contributed by atoms with Crippen LogP contribution in [0.25, 0.3) is 5.69 Å². The van der Waals surface area contributed by atoms with Gasteiger partial charge >= 0.3 is 0 Å². The first-order chi connectivity index (χ1) is 9.42. The van der Waals surface area contributed by atoms with Crippen LogP contribution in [0.3, 0.4) is 0 Å². The first-order valence-electron chi connectivity index (χ1n) is 6.13. The number of aromatic nitrogens is 3. The Morgan fingerprint density at radius 2 is 2.10 bits per heavy atom. The van der Waals surface area contributed by atoms with Crippen LogP contribution in [-0.2, 0) is 14.8 Å². The molecule has 8 heteroatoms. The monoisotopic (exact) mass is 312 g/mol. The molecule has 0 bridgehead atoms. The molecule has 1 aliphatic rings. The van der Waals surface area contributed by atoms with Crippen LogP contribution in [0.15, 0.2) is 30.5 Å². The molecule has 1 saturated carbocycles. The highest BCUT2D eigenvalue weighted by molar-refractivity contribution is 7.90. The topological polar surface area (TPSA) is 90.9 Å². The van der Waals surface area contributed by atoms with Gasteiger partial charge in [-0.3, -0.25) is 0 Å². The molecular formula is C12H13ClN4O2S. The maximum absolute atomic E-state index is 11.8. The van der Waals surface area contributed by atoms with Gasteiger partial charge in [0, 0.05) is 5.02 Å². The van der Waals surface area contributed by atoms with Crippen LogP contribution >= 0.6 is 11.6 Å². The van der Waals surface area contributed by atoms with Crippen molar-refractivity contribution in [2.24, 2.45) is 5.14 Å². The molecule has 3 rings (SSSR count). The van der Waals surface area contributed by atoms with Crippen LogP contribution in [-0.4, -0.2) is 23.4 Å². The number of benzene rings is 1. The van der Waals surface area contributed by atoms with E-state index >= 15 is 0 Å². The van der Waals surface area contributed by atoms with E-state index in [0.717, 1.165) is 12.1 Å². The Kier molecular flexibility index (Phi) is 3.07. The van der Waals surface area contributed by atoms with Crippen molar-refractivity contribution in [2.45, 2.75) is 24.0 Å². The Morgan fingerprint density at radius 3 is 2.65 bits per heavy atom. The minimum atomic E-state index is -3.70. The molecular weight excluding hydrogens is 300 g/mol. The highest BCUT2D eigenvalue weighted by Gasteiger charge is 2.50. The largest absolute Gasteiger partial charge is 0.228 e. The highest BCUT2D eigenvalue weighted by atomic mass is 35.5. The van der Waals surface area contributed by atoms with E-state index in [9.17, 15) is 8.42 Å². The van der Waals surface area contributed by atoms with Crippen molar-refractivity contribution in [3.63, 3.8) is 0 Å². The molecule has 6 nitrogen and oxygen atoms in total. The summed E-state index contributed by atoms with van der Waals surface area (Å²) in [6.07, 6.45) is 3.40. The summed E-state index contributed by atoms with van der Waals surface area (Å²) in [7, 11) is -3.70. The Bertz CT molecular complexity index is 752. The fourth-order valence-electron chi connectivity index (χ4n) is 2.40.